The van der Waals surface area contributed by atoms with Crippen LogP contribution in [-0.2, 0) is 14.6 Å². The summed E-state index contributed by atoms with van der Waals surface area (Å²) in [4.78, 5) is 19.1. The van der Waals surface area contributed by atoms with Crippen LogP contribution in [0, 0.1) is 18.2 Å². The molecule has 3 atom stereocenters. The third-order valence-corrected chi connectivity index (χ3v) is 14.4. The molecular formula is C39H50FN7O6S. The summed E-state index contributed by atoms with van der Waals surface area (Å²) in [5.74, 6) is 0.738. The molecule has 2 saturated carbocycles. The number of nitrogens with zero attached hydrogens (tertiary/aromatic N) is 6. The van der Waals surface area contributed by atoms with Crippen molar-refractivity contribution in [3.8, 4) is 23.1 Å². The van der Waals surface area contributed by atoms with E-state index < -0.39 is 21.3 Å². The molecule has 0 bridgehead atoms. The summed E-state index contributed by atoms with van der Waals surface area (Å²) >= 11 is 0. The van der Waals surface area contributed by atoms with E-state index in [-0.39, 0.29) is 65.3 Å². The van der Waals surface area contributed by atoms with Crippen molar-refractivity contribution in [2.75, 3.05) is 63.0 Å². The van der Waals surface area contributed by atoms with Crippen LogP contribution in [0.5, 0.6) is 11.9 Å². The Hall–Kier alpha value is -3.66. The maximum absolute atomic E-state index is 17.5. The van der Waals surface area contributed by atoms with Crippen LogP contribution in [0.3, 0.4) is 0 Å². The Morgan fingerprint density at radius 1 is 1.09 bits per heavy atom. The molecule has 5 fully saturated rings. The van der Waals surface area contributed by atoms with Gasteiger partial charge in [-0.25, -0.2) is 17.8 Å². The highest BCUT2D eigenvalue weighted by Gasteiger charge is 2.50. The fraction of sp³-hybridized carbons (Fsp3) is 0.641. The number of pyridine rings is 1. The molecule has 15 heteroatoms. The number of halogens is 1. The minimum absolute atomic E-state index is 0.0377. The first kappa shape index (κ1) is 36.0. The van der Waals surface area contributed by atoms with Gasteiger partial charge in [0.05, 0.1) is 56.7 Å². The predicted octanol–water partition coefficient (Wildman–Crippen LogP) is 5.08. The molecule has 0 amide bonds. The van der Waals surface area contributed by atoms with Crippen molar-refractivity contribution >= 4 is 37.5 Å². The smallest absolute Gasteiger partial charge is 0.319 e. The third kappa shape index (κ3) is 6.38. The molecule has 2 aliphatic carbocycles. The van der Waals surface area contributed by atoms with Crippen molar-refractivity contribution in [2.45, 2.75) is 95.2 Å². The standard InChI is InChI=1S/C39H50FN7O6S/c1-23-18-27-26(19-41-45-27)30(29(23)24-7-8-24)33-32(40)34-31(36(42-33)51-3)35(46-14-15-52-21-38(2,48)20-46)44-37(43-34)53-22-39-11-4-6-28(39)47(13-5-12-39)25-9-16-54(49,50)17-10-25/h18-19,24-25,28,48H,4-17,20-22H2,1-3H3,(H,41,45)/t28?,38-,39+/m0/s1. The van der Waals surface area contributed by atoms with Crippen molar-refractivity contribution in [3.63, 3.8) is 0 Å². The Kier molecular flexibility index (Phi) is 9.02. The van der Waals surface area contributed by atoms with E-state index in [0.29, 0.717) is 55.3 Å². The number of ether oxygens (including phenoxy) is 3. The van der Waals surface area contributed by atoms with Gasteiger partial charge >= 0.3 is 6.01 Å². The highest BCUT2D eigenvalue weighted by molar-refractivity contribution is 7.91. The molecule has 3 saturated heterocycles. The molecule has 3 aliphatic heterocycles. The summed E-state index contributed by atoms with van der Waals surface area (Å²) in [5, 5.41) is 19.7. The van der Waals surface area contributed by atoms with Crippen molar-refractivity contribution in [1.29, 1.82) is 0 Å². The monoisotopic (exact) mass is 763 g/mol. The molecule has 0 spiro atoms. The molecule has 3 aromatic heterocycles. The van der Waals surface area contributed by atoms with E-state index in [1.165, 1.54) is 7.11 Å². The van der Waals surface area contributed by atoms with Gasteiger partial charge in [-0.15, -0.1) is 0 Å². The average Bonchev–Trinajstić information content (AvgIpc) is 3.77. The van der Waals surface area contributed by atoms with Crippen molar-refractivity contribution in [1.82, 2.24) is 30.0 Å². The van der Waals surface area contributed by atoms with Gasteiger partial charge in [-0.1, -0.05) is 6.42 Å². The zero-order valence-corrected chi connectivity index (χ0v) is 32.2. The second-order valence-corrected chi connectivity index (χ2v) is 19.0. The number of methoxy groups -OCH3 is 1. The number of aliphatic hydroxyl groups is 1. The number of hydrogen-bond donors (Lipinski definition) is 2. The highest BCUT2D eigenvalue weighted by atomic mass is 32.2. The number of likely N-dealkylation sites (tertiary alicyclic amines) is 1. The molecule has 6 heterocycles. The van der Waals surface area contributed by atoms with Crippen LogP contribution in [0.15, 0.2) is 12.3 Å². The highest BCUT2D eigenvalue weighted by Crippen LogP contribution is 2.51. The van der Waals surface area contributed by atoms with Crippen LogP contribution < -0.4 is 14.4 Å². The number of benzene rings is 1. The number of anilines is 1. The van der Waals surface area contributed by atoms with Gasteiger partial charge < -0.3 is 24.2 Å². The first-order valence-corrected chi connectivity index (χ1v) is 21.3. The Labute approximate surface area is 314 Å². The summed E-state index contributed by atoms with van der Waals surface area (Å²) in [7, 11) is -1.45. The summed E-state index contributed by atoms with van der Waals surface area (Å²) in [6, 6.07) is 2.63. The van der Waals surface area contributed by atoms with E-state index in [4.69, 9.17) is 29.2 Å². The predicted molar refractivity (Wildman–Crippen MR) is 202 cm³/mol. The molecule has 13 nitrogen and oxygen atoms in total. The van der Waals surface area contributed by atoms with Crippen LogP contribution in [0.4, 0.5) is 10.2 Å². The Morgan fingerprint density at radius 2 is 1.89 bits per heavy atom. The van der Waals surface area contributed by atoms with E-state index >= 15 is 4.39 Å². The van der Waals surface area contributed by atoms with E-state index in [0.717, 1.165) is 73.5 Å². The zero-order valence-electron chi connectivity index (χ0n) is 31.4. The second-order valence-electron chi connectivity index (χ2n) is 16.7. The second kappa shape index (κ2) is 13.5. The third-order valence-electron chi connectivity index (χ3n) is 12.7. The Morgan fingerprint density at radius 3 is 2.67 bits per heavy atom. The molecule has 1 aromatic carbocycles. The molecule has 2 N–H and O–H groups in total. The van der Waals surface area contributed by atoms with Crippen LogP contribution in [-0.4, -0.2) is 119 Å². The molecule has 9 rings (SSSR count). The summed E-state index contributed by atoms with van der Waals surface area (Å²) in [6.45, 7) is 6.14. The number of hydrogen-bond acceptors (Lipinski definition) is 12. The summed E-state index contributed by atoms with van der Waals surface area (Å²) < 4.78 is 60.5. The lowest BCUT2D eigenvalue weighted by molar-refractivity contribution is -0.0246. The SMILES string of the molecule is COc1nc(-c2c(C3CC3)c(C)cc3[nH]ncc23)c(F)c2nc(OC[C@]34CCCC3N(C3CCS(=O)(=O)CC3)CCC4)nc(N3CCOC[C@@](C)(O)C3)c12. The van der Waals surface area contributed by atoms with Gasteiger partial charge in [0.2, 0.25) is 5.88 Å². The maximum atomic E-state index is 17.5. The van der Waals surface area contributed by atoms with Gasteiger partial charge in [0.25, 0.3) is 0 Å². The number of aryl methyl sites for hydroxylation is 1. The number of β-amino-alcohol motifs (C(OH)–C–C–N with tert-alkyl or cyclic N) is 1. The van der Waals surface area contributed by atoms with Crippen LogP contribution in [0.25, 0.3) is 33.1 Å². The van der Waals surface area contributed by atoms with Crippen LogP contribution in [0.1, 0.15) is 81.8 Å². The van der Waals surface area contributed by atoms with Gasteiger partial charge in [0, 0.05) is 35.0 Å². The first-order chi connectivity index (χ1) is 26.0. The van der Waals surface area contributed by atoms with E-state index in [1.807, 2.05) is 11.8 Å². The van der Waals surface area contributed by atoms with Crippen LogP contribution >= 0.6 is 0 Å². The summed E-state index contributed by atoms with van der Waals surface area (Å²) in [5.41, 5.74) is 2.44. The van der Waals surface area contributed by atoms with Crippen molar-refractivity contribution in [2.24, 2.45) is 5.41 Å². The molecule has 1 unspecified atom stereocenters. The Balaban J connectivity index is 1.15. The number of nitrogens with one attached hydrogen (secondary N) is 1. The molecule has 0 radical (unpaired) electrons. The fourth-order valence-electron chi connectivity index (χ4n) is 10.1. The van der Waals surface area contributed by atoms with Gasteiger partial charge in [-0.3, -0.25) is 10.00 Å². The largest absolute Gasteiger partial charge is 0.480 e. The van der Waals surface area contributed by atoms with Crippen molar-refractivity contribution < 1.29 is 32.1 Å². The van der Waals surface area contributed by atoms with E-state index in [2.05, 4.69) is 21.2 Å². The summed E-state index contributed by atoms with van der Waals surface area (Å²) in [6.07, 6.45) is 10.2. The van der Waals surface area contributed by atoms with Crippen LogP contribution in [0.2, 0.25) is 0 Å². The number of sulfone groups is 1. The molecule has 4 aromatic rings. The van der Waals surface area contributed by atoms with Gasteiger partial charge in [-0.2, -0.15) is 15.1 Å². The topological polar surface area (TPSA) is 156 Å². The lowest BCUT2D eigenvalue weighted by atomic mass is 9.74. The number of H-pyrrole nitrogens is 1. The first-order valence-electron chi connectivity index (χ1n) is 19.5. The molecule has 54 heavy (non-hydrogen) atoms. The molecular weight excluding hydrogens is 714 g/mol. The number of aromatic nitrogens is 5. The number of aromatic amines is 1. The maximum Gasteiger partial charge on any atom is 0.319 e. The van der Waals surface area contributed by atoms with E-state index in [1.54, 1.807) is 13.1 Å². The fourth-order valence-corrected chi connectivity index (χ4v) is 11.5. The molecule has 5 aliphatic rings. The quantitative estimate of drug-likeness (QED) is 0.246. The number of piperidine rings is 1. The lowest BCUT2D eigenvalue weighted by Gasteiger charge is -2.50. The Bertz CT molecular complexity index is 2200. The van der Waals surface area contributed by atoms with E-state index in [9.17, 15) is 13.5 Å². The number of rotatable bonds is 8. The number of fused-ring (bicyclic) bond motifs is 3. The minimum Gasteiger partial charge on any atom is -0.480 e. The normalized spacial score (nSPS) is 28.0. The average molecular weight is 764 g/mol. The van der Waals surface area contributed by atoms with Gasteiger partial charge in [-0.05, 0) is 94.9 Å². The minimum atomic E-state index is -2.97. The van der Waals surface area contributed by atoms with Crippen molar-refractivity contribution in [3.05, 3.63) is 29.2 Å². The van der Waals surface area contributed by atoms with Gasteiger partial charge in [0.1, 0.15) is 37.9 Å². The lowest BCUT2D eigenvalue weighted by Crippen LogP contribution is -2.56. The zero-order chi connectivity index (χ0) is 37.4. The molecule has 290 valence electrons. The van der Waals surface area contributed by atoms with Gasteiger partial charge in [0.15, 0.2) is 5.82 Å².